The first kappa shape index (κ1) is 47.8. The molecule has 14 heteroatoms. The van der Waals surface area contributed by atoms with Crippen LogP contribution in [0.5, 0.6) is 0 Å². The second-order valence-electron chi connectivity index (χ2n) is 10.1. The predicted octanol–water partition coefficient (Wildman–Crippen LogP) is 2.61. The van der Waals surface area contributed by atoms with Crippen LogP contribution in [0.4, 0.5) is 0 Å². The topological polar surface area (TPSA) is 225 Å². The van der Waals surface area contributed by atoms with Gasteiger partial charge in [-0.2, -0.15) is 0 Å². The van der Waals surface area contributed by atoms with Gasteiger partial charge in [0.2, 0.25) is 24.1 Å². The molecule has 1 rings (SSSR count). The van der Waals surface area contributed by atoms with Gasteiger partial charge in [0.1, 0.15) is 6.61 Å². The van der Waals surface area contributed by atoms with E-state index in [-0.39, 0.29) is 31.6 Å². The fraction of sp³-hybridized carbons (Fsp3) is 0.697. The number of carboxylic acids is 1. The van der Waals surface area contributed by atoms with E-state index in [0.717, 1.165) is 51.5 Å². The molecule has 1 aromatic heterocycles. The van der Waals surface area contributed by atoms with Gasteiger partial charge in [0.05, 0.1) is 26.4 Å². The van der Waals surface area contributed by atoms with E-state index in [4.69, 9.17) is 26.0 Å². The number of aliphatic carboxylic acids is 1. The highest BCUT2D eigenvalue weighted by atomic mass is 16.5. The summed E-state index contributed by atoms with van der Waals surface area (Å²) in [5.41, 5.74) is 11.5. The van der Waals surface area contributed by atoms with Crippen molar-refractivity contribution in [2.75, 3.05) is 52.6 Å². The minimum atomic E-state index is -0.694. The molecule has 272 valence electrons. The number of rotatable bonds is 26. The summed E-state index contributed by atoms with van der Waals surface area (Å²) in [4.78, 5) is 56.7. The van der Waals surface area contributed by atoms with Crippen LogP contribution in [0.1, 0.15) is 96.5 Å². The molecule has 0 atom stereocenters. The van der Waals surface area contributed by atoms with E-state index in [1.54, 1.807) is 12.4 Å². The van der Waals surface area contributed by atoms with Crippen LogP contribution in [-0.2, 0) is 33.4 Å². The summed E-state index contributed by atoms with van der Waals surface area (Å²) in [5, 5.41) is 16.2. The fourth-order valence-corrected chi connectivity index (χ4v) is 3.49. The summed E-state index contributed by atoms with van der Waals surface area (Å²) in [6.07, 6.45) is 15.4. The summed E-state index contributed by atoms with van der Waals surface area (Å²) in [6.45, 7) is 8.55. The lowest BCUT2D eigenvalue weighted by atomic mass is 10.1. The molecular formula is C33H62N6O8. The molecule has 8 N–H and O–H groups in total. The van der Waals surface area contributed by atoms with Gasteiger partial charge in [0, 0.05) is 38.3 Å². The number of carbonyl (C=O) groups excluding carboxylic acids is 4. The summed E-state index contributed by atoms with van der Waals surface area (Å²) >= 11 is 0. The first-order valence-electron chi connectivity index (χ1n) is 16.7. The van der Waals surface area contributed by atoms with Gasteiger partial charge in [-0.05, 0) is 56.8 Å². The maximum atomic E-state index is 11.4. The summed E-state index contributed by atoms with van der Waals surface area (Å²) in [7, 11) is 0. The van der Waals surface area contributed by atoms with Gasteiger partial charge in [0.25, 0.3) is 0 Å². The van der Waals surface area contributed by atoms with Gasteiger partial charge in [-0.15, -0.1) is 0 Å². The SMILES string of the molecule is CC.Cc1ccncc1.NC(=O)COCCOCCNC(=O)CNC=O.NCCCCC(=O)NCCCCCCCCCCC(=O)O. The Balaban J connectivity index is -0.000000660. The Bertz CT molecular complexity index is 878. The first-order chi connectivity index (χ1) is 22.7. The molecular weight excluding hydrogens is 608 g/mol. The van der Waals surface area contributed by atoms with Gasteiger partial charge in [-0.1, -0.05) is 52.4 Å². The van der Waals surface area contributed by atoms with E-state index >= 15 is 0 Å². The van der Waals surface area contributed by atoms with E-state index in [1.807, 2.05) is 32.9 Å². The van der Waals surface area contributed by atoms with E-state index < -0.39 is 11.9 Å². The van der Waals surface area contributed by atoms with E-state index in [2.05, 4.69) is 20.9 Å². The third-order valence-corrected chi connectivity index (χ3v) is 5.88. The predicted molar refractivity (Wildman–Crippen MR) is 183 cm³/mol. The van der Waals surface area contributed by atoms with Gasteiger partial charge < -0.3 is 42.0 Å². The fourth-order valence-electron chi connectivity index (χ4n) is 3.49. The van der Waals surface area contributed by atoms with Crippen molar-refractivity contribution in [3.63, 3.8) is 0 Å². The van der Waals surface area contributed by atoms with Crippen LogP contribution in [0.3, 0.4) is 0 Å². The van der Waals surface area contributed by atoms with Crippen LogP contribution in [0, 0.1) is 6.92 Å². The molecule has 14 nitrogen and oxygen atoms in total. The number of hydrogen-bond acceptors (Lipinski definition) is 9. The second kappa shape index (κ2) is 40.4. The van der Waals surface area contributed by atoms with Gasteiger partial charge >= 0.3 is 5.97 Å². The second-order valence-corrected chi connectivity index (χ2v) is 10.1. The van der Waals surface area contributed by atoms with Crippen molar-refractivity contribution in [1.29, 1.82) is 0 Å². The molecule has 1 heterocycles. The summed E-state index contributed by atoms with van der Waals surface area (Å²) in [5.74, 6) is -1.37. The number of amides is 4. The number of carbonyl (C=O) groups is 5. The van der Waals surface area contributed by atoms with Crippen molar-refractivity contribution in [2.24, 2.45) is 11.5 Å². The Morgan fingerprint density at radius 2 is 1.34 bits per heavy atom. The van der Waals surface area contributed by atoms with Gasteiger partial charge in [0.15, 0.2) is 0 Å². The quantitative estimate of drug-likeness (QED) is 0.0624. The highest BCUT2D eigenvalue weighted by molar-refractivity contribution is 5.79. The maximum Gasteiger partial charge on any atom is 0.303 e. The molecule has 0 radical (unpaired) electrons. The Kier molecular flexibility index (Phi) is 41.1. The molecule has 0 aliphatic carbocycles. The van der Waals surface area contributed by atoms with Crippen LogP contribution in [0.25, 0.3) is 0 Å². The number of aryl methyl sites for hydroxylation is 1. The summed E-state index contributed by atoms with van der Waals surface area (Å²) in [6, 6.07) is 3.94. The lowest BCUT2D eigenvalue weighted by Gasteiger charge is -2.06. The monoisotopic (exact) mass is 670 g/mol. The standard InChI is InChI=1S/C16H32N2O3.C9H17N3O5.C6H7N.C2H6/c17-13-9-8-11-15(19)18-14-10-6-4-2-1-3-5-7-12-16(20)21;10-8(14)6-17-4-3-16-2-1-12-9(15)5-11-7-13;1-6-2-4-7-5-3-6;1-2/h1-14,17H2,(H,18,19)(H,20,21);7H,1-6H2,(H2,10,14)(H,11,13)(H,12,15);2-5H,1H3;1-2H3. The Morgan fingerprint density at radius 1 is 0.787 bits per heavy atom. The third-order valence-electron chi connectivity index (χ3n) is 5.88. The molecule has 0 bridgehead atoms. The van der Waals surface area contributed by atoms with Crippen molar-refractivity contribution in [3.05, 3.63) is 30.1 Å². The van der Waals surface area contributed by atoms with E-state index in [1.165, 1.54) is 24.8 Å². The largest absolute Gasteiger partial charge is 0.481 e. The molecule has 0 aliphatic heterocycles. The van der Waals surface area contributed by atoms with Crippen molar-refractivity contribution in [2.45, 2.75) is 97.8 Å². The van der Waals surface area contributed by atoms with Crippen LogP contribution >= 0.6 is 0 Å². The zero-order chi connectivity index (χ0) is 35.8. The lowest BCUT2D eigenvalue weighted by Crippen LogP contribution is -2.35. The summed E-state index contributed by atoms with van der Waals surface area (Å²) < 4.78 is 9.93. The van der Waals surface area contributed by atoms with Crippen LogP contribution in [0.2, 0.25) is 0 Å². The smallest absolute Gasteiger partial charge is 0.303 e. The number of nitrogens with two attached hydrogens (primary N) is 2. The van der Waals surface area contributed by atoms with Crippen LogP contribution in [0.15, 0.2) is 24.5 Å². The van der Waals surface area contributed by atoms with Crippen molar-refractivity contribution < 1.29 is 38.6 Å². The normalized spacial score (nSPS) is 9.62. The van der Waals surface area contributed by atoms with Gasteiger partial charge in [-0.3, -0.25) is 29.0 Å². The molecule has 0 saturated carbocycles. The Labute approximate surface area is 281 Å². The number of aromatic nitrogens is 1. The van der Waals surface area contributed by atoms with E-state index in [0.29, 0.717) is 45.6 Å². The Morgan fingerprint density at radius 3 is 1.87 bits per heavy atom. The molecule has 4 amide bonds. The number of nitrogens with zero attached hydrogens (tertiary/aromatic N) is 1. The number of pyridine rings is 1. The molecule has 0 aromatic carbocycles. The zero-order valence-electron chi connectivity index (χ0n) is 28.9. The molecule has 0 saturated heterocycles. The van der Waals surface area contributed by atoms with Crippen molar-refractivity contribution in [1.82, 2.24) is 20.9 Å². The number of carboxylic acid groups (broad SMARTS) is 1. The molecule has 1 aromatic rings. The average molecular weight is 671 g/mol. The molecule has 47 heavy (non-hydrogen) atoms. The van der Waals surface area contributed by atoms with Crippen LogP contribution in [-0.4, -0.2) is 92.8 Å². The molecule has 0 fully saturated rings. The van der Waals surface area contributed by atoms with Crippen LogP contribution < -0.4 is 27.4 Å². The highest BCUT2D eigenvalue weighted by Crippen LogP contribution is 2.09. The number of ether oxygens (including phenoxy) is 2. The van der Waals surface area contributed by atoms with E-state index in [9.17, 15) is 24.0 Å². The number of nitrogens with one attached hydrogen (secondary N) is 3. The molecule has 0 aliphatic rings. The highest BCUT2D eigenvalue weighted by Gasteiger charge is 2.01. The maximum absolute atomic E-state index is 11.4. The Hall–Kier alpha value is -3.62. The molecule has 0 spiro atoms. The van der Waals surface area contributed by atoms with Crippen molar-refractivity contribution >= 4 is 30.1 Å². The molecule has 0 unspecified atom stereocenters. The van der Waals surface area contributed by atoms with Gasteiger partial charge in [-0.25, -0.2) is 0 Å². The number of unbranched alkanes of at least 4 members (excludes halogenated alkanes) is 8. The van der Waals surface area contributed by atoms with Crippen molar-refractivity contribution in [3.8, 4) is 0 Å². The minimum absolute atomic E-state index is 0.0504. The zero-order valence-corrected chi connectivity index (χ0v) is 28.9. The first-order valence-corrected chi connectivity index (χ1v) is 16.7. The number of hydrogen-bond donors (Lipinski definition) is 6. The lowest BCUT2D eigenvalue weighted by molar-refractivity contribution is -0.137. The number of primary amides is 1. The average Bonchev–Trinajstić information content (AvgIpc) is 3.05. The minimum Gasteiger partial charge on any atom is -0.481 e. The third kappa shape index (κ3) is 46.9.